The third kappa shape index (κ3) is 3.43. The second-order valence-electron chi connectivity index (χ2n) is 4.38. The highest BCUT2D eigenvalue weighted by Crippen LogP contribution is 2.18. The Morgan fingerprint density at radius 2 is 2.38 bits per heavy atom. The van der Waals surface area contributed by atoms with Crippen molar-refractivity contribution >= 4 is 5.91 Å². The van der Waals surface area contributed by atoms with Crippen LogP contribution in [-0.2, 0) is 9.53 Å². The molecule has 1 heterocycles. The Hall–Kier alpha value is -0.650. The van der Waals surface area contributed by atoms with E-state index in [1.807, 2.05) is 14.0 Å². The monoisotopic (exact) mass is 229 g/mol. The third-order valence-electron chi connectivity index (χ3n) is 3.17. The standard InChI is InChI=1S/C11H23N3O2/c1-4-13-9(11(12)15)7-14(3)10-5-6-16-8(10)2/h8-10,13H,4-7H2,1-3H3,(H2,12,15). The first-order chi connectivity index (χ1) is 7.56. The van der Waals surface area contributed by atoms with Gasteiger partial charge in [0.25, 0.3) is 0 Å². The van der Waals surface area contributed by atoms with Gasteiger partial charge < -0.3 is 15.8 Å². The van der Waals surface area contributed by atoms with E-state index in [4.69, 9.17) is 10.5 Å². The van der Waals surface area contributed by atoms with Crippen molar-refractivity contribution in [1.29, 1.82) is 0 Å². The normalized spacial score (nSPS) is 27.2. The number of carbonyl (C=O) groups is 1. The Balaban J connectivity index is 2.47. The van der Waals surface area contributed by atoms with Crippen LogP contribution in [0.2, 0.25) is 0 Å². The van der Waals surface area contributed by atoms with Crippen LogP contribution in [0.3, 0.4) is 0 Å². The molecule has 1 rings (SSSR count). The molecular weight excluding hydrogens is 206 g/mol. The number of carbonyl (C=O) groups excluding carboxylic acids is 1. The number of ether oxygens (including phenoxy) is 1. The van der Waals surface area contributed by atoms with Gasteiger partial charge in [-0.1, -0.05) is 6.92 Å². The van der Waals surface area contributed by atoms with E-state index in [0.717, 1.165) is 19.6 Å². The van der Waals surface area contributed by atoms with Crippen molar-refractivity contribution in [3.8, 4) is 0 Å². The zero-order valence-electron chi connectivity index (χ0n) is 10.4. The average Bonchev–Trinajstić information content (AvgIpc) is 2.63. The first-order valence-electron chi connectivity index (χ1n) is 5.90. The Kier molecular flexibility index (Phi) is 5.18. The Morgan fingerprint density at radius 3 is 2.81 bits per heavy atom. The molecule has 0 aromatic rings. The summed E-state index contributed by atoms with van der Waals surface area (Å²) in [7, 11) is 2.02. The zero-order chi connectivity index (χ0) is 12.1. The topological polar surface area (TPSA) is 67.6 Å². The van der Waals surface area contributed by atoms with E-state index in [9.17, 15) is 4.79 Å². The largest absolute Gasteiger partial charge is 0.377 e. The van der Waals surface area contributed by atoms with Crippen molar-refractivity contribution in [3.63, 3.8) is 0 Å². The Morgan fingerprint density at radius 1 is 1.69 bits per heavy atom. The second kappa shape index (κ2) is 6.18. The number of amides is 1. The van der Waals surface area contributed by atoms with Crippen LogP contribution in [0.4, 0.5) is 0 Å². The smallest absolute Gasteiger partial charge is 0.235 e. The summed E-state index contributed by atoms with van der Waals surface area (Å²) in [5.41, 5.74) is 5.35. The van der Waals surface area contributed by atoms with Gasteiger partial charge in [-0.3, -0.25) is 9.69 Å². The summed E-state index contributed by atoms with van der Waals surface area (Å²) >= 11 is 0. The first kappa shape index (κ1) is 13.4. The lowest BCUT2D eigenvalue weighted by atomic mass is 10.1. The number of primary amides is 1. The van der Waals surface area contributed by atoms with E-state index in [1.165, 1.54) is 0 Å². The average molecular weight is 229 g/mol. The molecule has 0 bridgehead atoms. The highest BCUT2D eigenvalue weighted by molar-refractivity contribution is 5.80. The summed E-state index contributed by atoms with van der Waals surface area (Å²) < 4.78 is 5.51. The molecule has 3 N–H and O–H groups in total. The van der Waals surface area contributed by atoms with E-state index >= 15 is 0 Å². The molecule has 0 saturated carbocycles. The lowest BCUT2D eigenvalue weighted by Gasteiger charge is -2.29. The molecule has 0 radical (unpaired) electrons. The predicted octanol–water partition coefficient (Wildman–Crippen LogP) is -0.441. The molecule has 0 spiro atoms. The molecule has 16 heavy (non-hydrogen) atoms. The minimum atomic E-state index is -0.291. The summed E-state index contributed by atoms with van der Waals surface area (Å²) in [5, 5.41) is 3.09. The summed E-state index contributed by atoms with van der Waals surface area (Å²) in [5.74, 6) is -0.291. The Labute approximate surface area is 97.3 Å². The maximum Gasteiger partial charge on any atom is 0.235 e. The number of likely N-dealkylation sites (N-methyl/N-ethyl adjacent to an activating group) is 2. The number of hydrogen-bond acceptors (Lipinski definition) is 4. The minimum Gasteiger partial charge on any atom is -0.377 e. The zero-order valence-corrected chi connectivity index (χ0v) is 10.4. The maximum atomic E-state index is 11.2. The minimum absolute atomic E-state index is 0.236. The first-order valence-corrected chi connectivity index (χ1v) is 5.90. The van der Waals surface area contributed by atoms with Gasteiger partial charge in [0.2, 0.25) is 5.91 Å². The summed E-state index contributed by atoms with van der Waals surface area (Å²) in [4.78, 5) is 13.4. The molecule has 1 amide bonds. The fourth-order valence-electron chi connectivity index (χ4n) is 2.22. The molecular formula is C11H23N3O2. The van der Waals surface area contributed by atoms with E-state index < -0.39 is 0 Å². The van der Waals surface area contributed by atoms with Gasteiger partial charge in [0.1, 0.15) is 0 Å². The number of nitrogens with zero attached hydrogens (tertiary/aromatic N) is 1. The Bertz CT molecular complexity index is 235. The van der Waals surface area contributed by atoms with Crippen molar-refractivity contribution in [2.24, 2.45) is 5.73 Å². The molecule has 94 valence electrons. The number of nitrogens with two attached hydrogens (primary N) is 1. The van der Waals surface area contributed by atoms with E-state index in [0.29, 0.717) is 12.6 Å². The van der Waals surface area contributed by atoms with Gasteiger partial charge in [-0.2, -0.15) is 0 Å². The van der Waals surface area contributed by atoms with Gasteiger partial charge in [0.05, 0.1) is 12.1 Å². The molecule has 1 aliphatic heterocycles. The highest BCUT2D eigenvalue weighted by Gasteiger charge is 2.29. The van der Waals surface area contributed by atoms with Crippen LogP contribution in [0.1, 0.15) is 20.3 Å². The van der Waals surface area contributed by atoms with Gasteiger partial charge >= 0.3 is 0 Å². The molecule has 5 heteroatoms. The fourth-order valence-corrected chi connectivity index (χ4v) is 2.22. The van der Waals surface area contributed by atoms with Gasteiger partial charge in [-0.15, -0.1) is 0 Å². The van der Waals surface area contributed by atoms with E-state index in [2.05, 4.69) is 17.1 Å². The molecule has 3 unspecified atom stereocenters. The van der Waals surface area contributed by atoms with Crippen molar-refractivity contribution in [2.45, 2.75) is 38.5 Å². The van der Waals surface area contributed by atoms with Gasteiger partial charge in [0.15, 0.2) is 0 Å². The molecule has 0 aromatic heterocycles. The van der Waals surface area contributed by atoms with Crippen LogP contribution < -0.4 is 11.1 Å². The lowest BCUT2D eigenvalue weighted by molar-refractivity contribution is -0.120. The molecule has 5 nitrogen and oxygen atoms in total. The van der Waals surface area contributed by atoms with Gasteiger partial charge in [0, 0.05) is 19.2 Å². The van der Waals surface area contributed by atoms with Crippen LogP contribution in [0.5, 0.6) is 0 Å². The predicted molar refractivity (Wildman–Crippen MR) is 63.1 cm³/mol. The molecule has 1 saturated heterocycles. The highest BCUT2D eigenvalue weighted by atomic mass is 16.5. The van der Waals surface area contributed by atoms with Gasteiger partial charge in [-0.05, 0) is 26.9 Å². The third-order valence-corrected chi connectivity index (χ3v) is 3.17. The molecule has 0 aliphatic carbocycles. The maximum absolute atomic E-state index is 11.2. The van der Waals surface area contributed by atoms with E-state index in [1.54, 1.807) is 0 Å². The number of hydrogen-bond donors (Lipinski definition) is 2. The molecule has 3 atom stereocenters. The summed E-state index contributed by atoms with van der Waals surface area (Å²) in [6, 6.07) is 0.114. The van der Waals surface area contributed by atoms with Crippen LogP contribution in [0, 0.1) is 0 Å². The number of rotatable bonds is 6. The van der Waals surface area contributed by atoms with Gasteiger partial charge in [-0.25, -0.2) is 0 Å². The van der Waals surface area contributed by atoms with Crippen LogP contribution in [0.25, 0.3) is 0 Å². The van der Waals surface area contributed by atoms with Crippen molar-refractivity contribution in [2.75, 3.05) is 26.7 Å². The summed E-state index contributed by atoms with van der Waals surface area (Å²) in [6.45, 7) is 6.23. The van der Waals surface area contributed by atoms with Crippen LogP contribution >= 0.6 is 0 Å². The molecule has 1 fully saturated rings. The van der Waals surface area contributed by atoms with Crippen molar-refractivity contribution in [3.05, 3.63) is 0 Å². The molecule has 0 aromatic carbocycles. The number of nitrogens with one attached hydrogen (secondary N) is 1. The van der Waals surface area contributed by atoms with Crippen molar-refractivity contribution < 1.29 is 9.53 Å². The second-order valence-corrected chi connectivity index (χ2v) is 4.38. The fraction of sp³-hybridized carbons (Fsp3) is 0.909. The van der Waals surface area contributed by atoms with E-state index in [-0.39, 0.29) is 18.1 Å². The SMILES string of the molecule is CCNC(CN(C)C1CCOC1C)C(N)=O. The van der Waals surface area contributed by atoms with Crippen LogP contribution in [0.15, 0.2) is 0 Å². The van der Waals surface area contributed by atoms with Crippen molar-refractivity contribution in [1.82, 2.24) is 10.2 Å². The summed E-state index contributed by atoms with van der Waals surface area (Å²) in [6.07, 6.45) is 1.26. The van der Waals surface area contributed by atoms with Crippen LogP contribution in [-0.4, -0.2) is 55.7 Å². The lowest BCUT2D eigenvalue weighted by Crippen LogP contribution is -2.51. The quantitative estimate of drug-likeness (QED) is 0.648. The molecule has 1 aliphatic rings.